The van der Waals surface area contributed by atoms with Gasteiger partial charge in [-0.05, 0) is 37.8 Å². The molecule has 100 valence electrons. The first kappa shape index (κ1) is 13.5. The first-order valence-corrected chi connectivity index (χ1v) is 6.91. The van der Waals surface area contributed by atoms with Crippen LogP contribution in [0.5, 0.6) is 0 Å². The Balaban J connectivity index is 1.67. The zero-order valence-corrected chi connectivity index (χ0v) is 11.0. The van der Waals surface area contributed by atoms with Crippen LogP contribution in [0.3, 0.4) is 0 Å². The number of nitrogens with zero attached hydrogens (tertiary/aromatic N) is 1. The largest absolute Gasteiger partial charge is 0.388 e. The smallest absolute Gasteiger partial charge is 0.0793 e. The molecule has 1 fully saturated rings. The summed E-state index contributed by atoms with van der Waals surface area (Å²) in [5.41, 5.74) is 6.40. The number of piperidine rings is 1. The van der Waals surface area contributed by atoms with Gasteiger partial charge in [0, 0.05) is 19.6 Å². The van der Waals surface area contributed by atoms with E-state index in [2.05, 4.69) is 35.2 Å². The second-order valence-corrected chi connectivity index (χ2v) is 5.36. The van der Waals surface area contributed by atoms with Crippen LogP contribution in [0.15, 0.2) is 30.3 Å². The quantitative estimate of drug-likeness (QED) is 0.828. The number of aliphatic hydroxyl groups is 1. The molecule has 0 bridgehead atoms. The molecule has 0 aliphatic carbocycles. The topological polar surface area (TPSA) is 49.5 Å². The summed E-state index contributed by atoms with van der Waals surface area (Å²) in [4.78, 5) is 2.44. The van der Waals surface area contributed by atoms with Gasteiger partial charge in [-0.2, -0.15) is 0 Å². The van der Waals surface area contributed by atoms with Gasteiger partial charge in [0.05, 0.1) is 5.60 Å². The standard InChI is InChI=1S/C15H24N2O/c16-13-15(18)8-11-17(12-9-15)10-4-7-14-5-2-1-3-6-14/h1-3,5-6,18H,4,7-13,16H2. The van der Waals surface area contributed by atoms with Crippen LogP contribution in [0.1, 0.15) is 24.8 Å². The van der Waals surface area contributed by atoms with Gasteiger partial charge >= 0.3 is 0 Å². The number of benzene rings is 1. The molecular weight excluding hydrogens is 224 g/mol. The van der Waals surface area contributed by atoms with Crippen molar-refractivity contribution < 1.29 is 5.11 Å². The molecule has 3 N–H and O–H groups in total. The third kappa shape index (κ3) is 3.80. The summed E-state index contributed by atoms with van der Waals surface area (Å²) in [5.74, 6) is 0. The Morgan fingerprint density at radius 2 is 1.83 bits per heavy atom. The third-order valence-corrected chi connectivity index (χ3v) is 3.95. The highest BCUT2D eigenvalue weighted by Crippen LogP contribution is 2.21. The number of aryl methyl sites for hydroxylation is 1. The molecule has 1 aromatic carbocycles. The monoisotopic (exact) mass is 248 g/mol. The Morgan fingerprint density at radius 1 is 1.17 bits per heavy atom. The van der Waals surface area contributed by atoms with Crippen molar-refractivity contribution in [2.24, 2.45) is 5.73 Å². The molecule has 0 amide bonds. The van der Waals surface area contributed by atoms with Crippen LogP contribution in [0, 0.1) is 0 Å². The summed E-state index contributed by atoms with van der Waals surface area (Å²) in [5, 5.41) is 10.0. The Bertz CT molecular complexity index is 345. The fourth-order valence-electron chi connectivity index (χ4n) is 2.55. The van der Waals surface area contributed by atoms with Gasteiger partial charge in [-0.1, -0.05) is 30.3 Å². The number of likely N-dealkylation sites (tertiary alicyclic amines) is 1. The Labute approximate surface area is 110 Å². The molecule has 0 spiro atoms. The summed E-state index contributed by atoms with van der Waals surface area (Å²) < 4.78 is 0. The Morgan fingerprint density at radius 3 is 2.44 bits per heavy atom. The second-order valence-electron chi connectivity index (χ2n) is 5.36. The van der Waals surface area contributed by atoms with Gasteiger partial charge < -0.3 is 15.7 Å². The number of nitrogens with two attached hydrogens (primary N) is 1. The molecule has 18 heavy (non-hydrogen) atoms. The normalized spacial score (nSPS) is 19.9. The summed E-state index contributed by atoms with van der Waals surface area (Å²) >= 11 is 0. The summed E-state index contributed by atoms with van der Waals surface area (Å²) in [7, 11) is 0. The van der Waals surface area contributed by atoms with E-state index in [4.69, 9.17) is 5.73 Å². The predicted molar refractivity (Wildman–Crippen MR) is 74.4 cm³/mol. The average molecular weight is 248 g/mol. The predicted octanol–water partition coefficient (Wildman–Crippen LogP) is 1.40. The second kappa shape index (κ2) is 6.32. The van der Waals surface area contributed by atoms with E-state index in [0.717, 1.165) is 38.9 Å². The first-order chi connectivity index (χ1) is 8.72. The lowest BCUT2D eigenvalue weighted by atomic mass is 9.91. The zero-order chi connectivity index (χ0) is 12.8. The highest BCUT2D eigenvalue weighted by Gasteiger charge is 2.30. The molecule has 3 nitrogen and oxygen atoms in total. The van der Waals surface area contributed by atoms with Gasteiger partial charge in [0.25, 0.3) is 0 Å². The van der Waals surface area contributed by atoms with Crippen molar-refractivity contribution in [3.05, 3.63) is 35.9 Å². The molecule has 1 aromatic rings. The summed E-state index contributed by atoms with van der Waals surface area (Å²) in [6.45, 7) is 3.46. The van der Waals surface area contributed by atoms with Crippen molar-refractivity contribution in [3.8, 4) is 0 Å². The first-order valence-electron chi connectivity index (χ1n) is 6.91. The van der Waals surface area contributed by atoms with Gasteiger partial charge in [-0.3, -0.25) is 0 Å². The van der Waals surface area contributed by atoms with Crippen LogP contribution in [0.2, 0.25) is 0 Å². The molecule has 0 aromatic heterocycles. The fraction of sp³-hybridized carbons (Fsp3) is 0.600. The van der Waals surface area contributed by atoms with Gasteiger partial charge in [-0.15, -0.1) is 0 Å². The van der Waals surface area contributed by atoms with Crippen LogP contribution in [0.25, 0.3) is 0 Å². The fourth-order valence-corrected chi connectivity index (χ4v) is 2.55. The maximum absolute atomic E-state index is 10.0. The molecule has 0 atom stereocenters. The maximum Gasteiger partial charge on any atom is 0.0793 e. The maximum atomic E-state index is 10.0. The molecule has 1 aliphatic heterocycles. The van der Waals surface area contributed by atoms with Crippen molar-refractivity contribution in [1.82, 2.24) is 4.90 Å². The van der Waals surface area contributed by atoms with E-state index in [1.807, 2.05) is 0 Å². The van der Waals surface area contributed by atoms with Crippen LogP contribution < -0.4 is 5.73 Å². The molecular formula is C15H24N2O. The van der Waals surface area contributed by atoms with Crippen molar-refractivity contribution in [1.29, 1.82) is 0 Å². The zero-order valence-electron chi connectivity index (χ0n) is 11.0. The van der Waals surface area contributed by atoms with Gasteiger partial charge in [-0.25, -0.2) is 0 Å². The molecule has 2 rings (SSSR count). The van der Waals surface area contributed by atoms with Crippen molar-refractivity contribution in [2.45, 2.75) is 31.3 Å². The van der Waals surface area contributed by atoms with Crippen molar-refractivity contribution in [3.63, 3.8) is 0 Å². The van der Waals surface area contributed by atoms with E-state index < -0.39 is 5.60 Å². The van der Waals surface area contributed by atoms with E-state index in [0.29, 0.717) is 6.54 Å². The van der Waals surface area contributed by atoms with E-state index >= 15 is 0 Å². The Kier molecular flexibility index (Phi) is 4.75. The number of rotatable bonds is 5. The SMILES string of the molecule is NCC1(O)CCN(CCCc2ccccc2)CC1. The van der Waals surface area contributed by atoms with Crippen LogP contribution in [-0.2, 0) is 6.42 Å². The lowest BCUT2D eigenvalue weighted by Gasteiger charge is -2.37. The molecule has 1 saturated heterocycles. The average Bonchev–Trinajstić information content (AvgIpc) is 2.42. The minimum atomic E-state index is -0.601. The van der Waals surface area contributed by atoms with Gasteiger partial charge in [0.2, 0.25) is 0 Å². The van der Waals surface area contributed by atoms with E-state index in [1.54, 1.807) is 0 Å². The van der Waals surface area contributed by atoms with Gasteiger partial charge in [0.15, 0.2) is 0 Å². The van der Waals surface area contributed by atoms with Crippen LogP contribution in [0.4, 0.5) is 0 Å². The van der Waals surface area contributed by atoms with Gasteiger partial charge in [0.1, 0.15) is 0 Å². The highest BCUT2D eigenvalue weighted by atomic mass is 16.3. The molecule has 1 aliphatic rings. The summed E-state index contributed by atoms with van der Waals surface area (Å²) in [6, 6.07) is 10.6. The minimum Gasteiger partial charge on any atom is -0.388 e. The molecule has 3 heteroatoms. The highest BCUT2D eigenvalue weighted by molar-refractivity contribution is 5.14. The van der Waals surface area contributed by atoms with Crippen LogP contribution in [-0.4, -0.2) is 41.8 Å². The van der Waals surface area contributed by atoms with Crippen LogP contribution >= 0.6 is 0 Å². The third-order valence-electron chi connectivity index (χ3n) is 3.95. The van der Waals surface area contributed by atoms with Crippen molar-refractivity contribution >= 4 is 0 Å². The molecule has 0 saturated carbocycles. The molecule has 1 heterocycles. The van der Waals surface area contributed by atoms with E-state index in [-0.39, 0.29) is 0 Å². The molecule has 0 unspecified atom stereocenters. The Hall–Kier alpha value is -0.900. The number of hydrogen-bond acceptors (Lipinski definition) is 3. The van der Waals surface area contributed by atoms with Crippen molar-refractivity contribution in [2.75, 3.05) is 26.2 Å². The lowest BCUT2D eigenvalue weighted by Crippen LogP contribution is -2.48. The minimum absolute atomic E-state index is 0.394. The van der Waals surface area contributed by atoms with E-state index in [9.17, 15) is 5.11 Å². The van der Waals surface area contributed by atoms with E-state index in [1.165, 1.54) is 12.0 Å². The number of hydrogen-bond donors (Lipinski definition) is 2. The molecule has 0 radical (unpaired) electrons. The summed E-state index contributed by atoms with van der Waals surface area (Å²) in [6.07, 6.45) is 3.95. The lowest BCUT2D eigenvalue weighted by molar-refractivity contribution is -0.0135.